The maximum atomic E-state index is 13.0. The lowest BCUT2D eigenvalue weighted by atomic mass is 10.1. The van der Waals surface area contributed by atoms with Crippen LogP contribution >= 0.6 is 0 Å². The van der Waals surface area contributed by atoms with Gasteiger partial charge >= 0.3 is 5.69 Å². The summed E-state index contributed by atoms with van der Waals surface area (Å²) in [5, 5.41) is 6.57. The fourth-order valence-corrected chi connectivity index (χ4v) is 1.89. The summed E-state index contributed by atoms with van der Waals surface area (Å²) < 4.78 is 28.0. The first kappa shape index (κ1) is 14.9. The standard InChI is InChI=1S/C13H14F2N4O2/c1-18-12(20)11(17-19(2)13(18)21)16-4-3-8-5-9(14)7-10(15)6-8/h5-7H,3-4H2,1-2H3,(H,16,17). The first-order valence-corrected chi connectivity index (χ1v) is 6.21. The maximum absolute atomic E-state index is 13.0. The Hall–Kier alpha value is -2.51. The molecule has 0 aliphatic rings. The summed E-state index contributed by atoms with van der Waals surface area (Å²) in [6.07, 6.45) is 0.308. The van der Waals surface area contributed by atoms with Gasteiger partial charge in [-0.1, -0.05) is 0 Å². The van der Waals surface area contributed by atoms with Crippen molar-refractivity contribution in [1.29, 1.82) is 0 Å². The molecule has 1 aromatic heterocycles. The Morgan fingerprint density at radius 1 is 1.14 bits per heavy atom. The van der Waals surface area contributed by atoms with Crippen LogP contribution in [0.4, 0.5) is 14.6 Å². The molecule has 8 heteroatoms. The van der Waals surface area contributed by atoms with E-state index in [1.54, 1.807) is 0 Å². The van der Waals surface area contributed by atoms with E-state index in [1.807, 2.05) is 0 Å². The zero-order chi connectivity index (χ0) is 15.6. The molecule has 1 aromatic carbocycles. The molecule has 0 spiro atoms. The van der Waals surface area contributed by atoms with Crippen LogP contribution in [-0.4, -0.2) is 20.9 Å². The molecule has 21 heavy (non-hydrogen) atoms. The molecule has 1 heterocycles. The molecular weight excluding hydrogens is 282 g/mol. The third kappa shape index (κ3) is 3.33. The average Bonchev–Trinajstić information content (AvgIpc) is 2.41. The molecule has 0 amide bonds. The molecule has 0 aliphatic heterocycles. The van der Waals surface area contributed by atoms with Crippen molar-refractivity contribution in [2.24, 2.45) is 14.1 Å². The largest absolute Gasteiger partial charge is 0.364 e. The summed E-state index contributed by atoms with van der Waals surface area (Å²) in [6.45, 7) is 0.253. The number of rotatable bonds is 4. The van der Waals surface area contributed by atoms with Crippen LogP contribution in [-0.2, 0) is 20.5 Å². The van der Waals surface area contributed by atoms with Gasteiger partial charge in [0.1, 0.15) is 11.6 Å². The molecule has 0 atom stereocenters. The minimum Gasteiger partial charge on any atom is -0.364 e. The molecule has 1 N–H and O–H groups in total. The van der Waals surface area contributed by atoms with E-state index in [4.69, 9.17) is 0 Å². The lowest BCUT2D eigenvalue weighted by Gasteiger charge is -2.08. The van der Waals surface area contributed by atoms with Gasteiger partial charge in [0.25, 0.3) is 5.56 Å². The van der Waals surface area contributed by atoms with Crippen LogP contribution in [0.25, 0.3) is 0 Å². The fourth-order valence-electron chi connectivity index (χ4n) is 1.89. The van der Waals surface area contributed by atoms with Crippen molar-refractivity contribution in [3.8, 4) is 0 Å². The van der Waals surface area contributed by atoms with E-state index in [-0.39, 0.29) is 12.4 Å². The smallest absolute Gasteiger partial charge is 0.346 e. The lowest BCUT2D eigenvalue weighted by molar-refractivity contribution is 0.579. The van der Waals surface area contributed by atoms with Gasteiger partial charge in [-0.15, -0.1) is 5.10 Å². The molecule has 2 rings (SSSR count). The van der Waals surface area contributed by atoms with Crippen LogP contribution in [0.5, 0.6) is 0 Å². The Kier molecular flexibility index (Phi) is 4.15. The van der Waals surface area contributed by atoms with E-state index >= 15 is 0 Å². The van der Waals surface area contributed by atoms with Crippen LogP contribution in [0.2, 0.25) is 0 Å². The van der Waals surface area contributed by atoms with Crippen LogP contribution in [0.3, 0.4) is 0 Å². The first-order valence-electron chi connectivity index (χ1n) is 6.21. The normalized spacial score (nSPS) is 10.7. The van der Waals surface area contributed by atoms with Gasteiger partial charge in [-0.05, 0) is 24.1 Å². The highest BCUT2D eigenvalue weighted by Gasteiger charge is 2.08. The molecule has 112 valence electrons. The monoisotopic (exact) mass is 296 g/mol. The second-order valence-corrected chi connectivity index (χ2v) is 4.57. The predicted molar refractivity (Wildman–Crippen MR) is 73.3 cm³/mol. The number of benzene rings is 1. The van der Waals surface area contributed by atoms with Crippen molar-refractivity contribution in [2.75, 3.05) is 11.9 Å². The average molecular weight is 296 g/mol. The SMILES string of the molecule is Cn1nc(NCCc2cc(F)cc(F)c2)c(=O)n(C)c1=O. The summed E-state index contributed by atoms with van der Waals surface area (Å²) in [4.78, 5) is 23.3. The number of anilines is 1. The first-order chi connectivity index (χ1) is 9.88. The van der Waals surface area contributed by atoms with Gasteiger partial charge in [-0.25, -0.2) is 18.3 Å². The zero-order valence-electron chi connectivity index (χ0n) is 11.6. The Bertz CT molecular complexity index is 762. The van der Waals surface area contributed by atoms with Crippen molar-refractivity contribution in [3.63, 3.8) is 0 Å². The van der Waals surface area contributed by atoms with Crippen molar-refractivity contribution in [1.82, 2.24) is 14.3 Å². The number of aryl methyl sites for hydroxylation is 1. The number of nitrogens with one attached hydrogen (secondary N) is 1. The third-order valence-corrected chi connectivity index (χ3v) is 2.95. The topological polar surface area (TPSA) is 68.9 Å². The molecule has 0 bridgehead atoms. The van der Waals surface area contributed by atoms with Crippen LogP contribution in [0.1, 0.15) is 5.56 Å². The molecule has 0 saturated heterocycles. The minimum absolute atomic E-state index is 0.0106. The van der Waals surface area contributed by atoms with Crippen molar-refractivity contribution >= 4 is 5.82 Å². The highest BCUT2D eigenvalue weighted by molar-refractivity contribution is 5.30. The second-order valence-electron chi connectivity index (χ2n) is 4.57. The Labute approximate surface area is 118 Å². The van der Waals surface area contributed by atoms with Crippen molar-refractivity contribution in [3.05, 3.63) is 56.2 Å². The van der Waals surface area contributed by atoms with Gasteiger partial charge in [-0.2, -0.15) is 0 Å². The number of nitrogens with zero attached hydrogens (tertiary/aromatic N) is 3. The molecule has 0 radical (unpaired) electrons. The van der Waals surface area contributed by atoms with Crippen molar-refractivity contribution < 1.29 is 8.78 Å². The van der Waals surface area contributed by atoms with Gasteiger partial charge in [0.15, 0.2) is 0 Å². The predicted octanol–water partition coefficient (Wildman–Crippen LogP) is 0.412. The lowest BCUT2D eigenvalue weighted by Crippen LogP contribution is -2.40. The van der Waals surface area contributed by atoms with E-state index in [0.29, 0.717) is 12.0 Å². The van der Waals surface area contributed by atoms with E-state index in [9.17, 15) is 18.4 Å². The highest BCUT2D eigenvalue weighted by atomic mass is 19.1. The highest BCUT2D eigenvalue weighted by Crippen LogP contribution is 2.08. The zero-order valence-corrected chi connectivity index (χ0v) is 11.6. The summed E-state index contributed by atoms with van der Waals surface area (Å²) in [5.41, 5.74) is -0.622. The van der Waals surface area contributed by atoms with Gasteiger partial charge in [-0.3, -0.25) is 9.36 Å². The van der Waals surface area contributed by atoms with Gasteiger partial charge in [0, 0.05) is 26.7 Å². The van der Waals surface area contributed by atoms with Gasteiger partial charge in [0.05, 0.1) is 0 Å². The molecule has 2 aromatic rings. The van der Waals surface area contributed by atoms with E-state index in [2.05, 4.69) is 10.4 Å². The second kappa shape index (κ2) is 5.86. The van der Waals surface area contributed by atoms with Gasteiger partial charge < -0.3 is 5.32 Å². The maximum Gasteiger partial charge on any atom is 0.346 e. The number of halogens is 2. The van der Waals surface area contributed by atoms with Crippen LogP contribution < -0.4 is 16.6 Å². The minimum atomic E-state index is -0.652. The Morgan fingerprint density at radius 3 is 2.38 bits per heavy atom. The summed E-state index contributed by atoms with van der Waals surface area (Å²) in [6, 6.07) is 3.23. The summed E-state index contributed by atoms with van der Waals surface area (Å²) in [7, 11) is 2.77. The summed E-state index contributed by atoms with van der Waals surface area (Å²) in [5.74, 6) is -1.29. The summed E-state index contributed by atoms with van der Waals surface area (Å²) >= 11 is 0. The molecule has 0 aliphatic carbocycles. The molecule has 6 nitrogen and oxygen atoms in total. The Balaban J connectivity index is 2.11. The molecule has 0 fully saturated rings. The van der Waals surface area contributed by atoms with E-state index in [0.717, 1.165) is 15.3 Å². The van der Waals surface area contributed by atoms with E-state index < -0.39 is 22.9 Å². The number of hydrogen-bond acceptors (Lipinski definition) is 4. The van der Waals surface area contributed by atoms with E-state index in [1.165, 1.54) is 26.2 Å². The number of hydrogen-bond donors (Lipinski definition) is 1. The number of aromatic nitrogens is 3. The Morgan fingerprint density at radius 2 is 1.76 bits per heavy atom. The fraction of sp³-hybridized carbons (Fsp3) is 0.308. The molecular formula is C13H14F2N4O2. The van der Waals surface area contributed by atoms with Gasteiger partial charge in [0.2, 0.25) is 5.82 Å². The molecule has 0 saturated carbocycles. The van der Waals surface area contributed by atoms with Crippen LogP contribution in [0.15, 0.2) is 27.8 Å². The van der Waals surface area contributed by atoms with Crippen LogP contribution in [0, 0.1) is 11.6 Å². The quantitative estimate of drug-likeness (QED) is 0.887. The van der Waals surface area contributed by atoms with Crippen molar-refractivity contribution in [2.45, 2.75) is 6.42 Å². The third-order valence-electron chi connectivity index (χ3n) is 2.95. The molecule has 0 unspecified atom stereocenters.